The molecule has 0 heterocycles. The third kappa shape index (κ3) is 15.3. The highest BCUT2D eigenvalue weighted by atomic mass is 16.5. The molecule has 0 aliphatic heterocycles. The van der Waals surface area contributed by atoms with Gasteiger partial charge in [-0.1, -0.05) is 56.9 Å². The molecular formula is C19H34O3. The van der Waals surface area contributed by atoms with Crippen LogP contribution in [0.4, 0.5) is 0 Å². The van der Waals surface area contributed by atoms with Crippen LogP contribution in [-0.2, 0) is 9.53 Å². The molecule has 1 N–H and O–H groups in total. The standard InChI is InChI=1S/C19H34O3/c1-3-4-5-6-7-8-9-12-15-18(20)16-13-10-11-14-17-19(21)22-2/h5-6,8-9,18,20H,3-4,7,10-17H2,1-2H3. The highest BCUT2D eigenvalue weighted by Crippen LogP contribution is 2.11. The van der Waals surface area contributed by atoms with Crippen LogP contribution in [0, 0.1) is 0 Å². The van der Waals surface area contributed by atoms with Crippen LogP contribution in [0.15, 0.2) is 24.3 Å². The van der Waals surface area contributed by atoms with Gasteiger partial charge in [-0.2, -0.15) is 0 Å². The molecule has 1 atom stereocenters. The third-order valence-corrected chi connectivity index (χ3v) is 3.62. The van der Waals surface area contributed by atoms with Gasteiger partial charge in [0.2, 0.25) is 0 Å². The first-order valence-electron chi connectivity index (χ1n) is 8.75. The van der Waals surface area contributed by atoms with Crippen molar-refractivity contribution in [2.24, 2.45) is 0 Å². The molecule has 0 aliphatic rings. The zero-order valence-electron chi connectivity index (χ0n) is 14.4. The number of esters is 1. The van der Waals surface area contributed by atoms with Gasteiger partial charge >= 0.3 is 5.97 Å². The van der Waals surface area contributed by atoms with Gasteiger partial charge in [0.1, 0.15) is 0 Å². The maximum Gasteiger partial charge on any atom is 0.305 e. The first-order chi connectivity index (χ1) is 10.7. The fraction of sp³-hybridized carbons (Fsp3) is 0.737. The van der Waals surface area contributed by atoms with Gasteiger partial charge in [0.15, 0.2) is 0 Å². The Kier molecular flexibility index (Phi) is 15.5. The monoisotopic (exact) mass is 310 g/mol. The Bertz CT molecular complexity index is 308. The molecular weight excluding hydrogens is 276 g/mol. The van der Waals surface area contributed by atoms with E-state index in [-0.39, 0.29) is 12.1 Å². The Morgan fingerprint density at radius 2 is 1.68 bits per heavy atom. The summed E-state index contributed by atoms with van der Waals surface area (Å²) in [6, 6.07) is 0. The van der Waals surface area contributed by atoms with Crippen LogP contribution in [-0.4, -0.2) is 24.3 Å². The second kappa shape index (κ2) is 16.3. The normalized spacial score (nSPS) is 13.0. The highest BCUT2D eigenvalue weighted by Gasteiger charge is 2.03. The summed E-state index contributed by atoms with van der Waals surface area (Å²) in [5.74, 6) is -0.128. The molecule has 22 heavy (non-hydrogen) atoms. The van der Waals surface area contributed by atoms with Crippen LogP contribution in [0.5, 0.6) is 0 Å². The van der Waals surface area contributed by atoms with Crippen LogP contribution in [0.2, 0.25) is 0 Å². The molecule has 0 rings (SSSR count). The van der Waals surface area contributed by atoms with Gasteiger partial charge in [0, 0.05) is 6.42 Å². The fourth-order valence-corrected chi connectivity index (χ4v) is 2.21. The Morgan fingerprint density at radius 3 is 2.36 bits per heavy atom. The first-order valence-corrected chi connectivity index (χ1v) is 8.75. The number of aliphatic hydroxyl groups is 1. The van der Waals surface area contributed by atoms with Crippen LogP contribution in [0.25, 0.3) is 0 Å². The van der Waals surface area contributed by atoms with Crippen molar-refractivity contribution in [3.63, 3.8) is 0 Å². The molecule has 0 spiro atoms. The van der Waals surface area contributed by atoms with Crippen molar-refractivity contribution in [2.75, 3.05) is 7.11 Å². The maximum absolute atomic E-state index is 10.9. The van der Waals surface area contributed by atoms with E-state index >= 15 is 0 Å². The van der Waals surface area contributed by atoms with E-state index in [0.29, 0.717) is 6.42 Å². The summed E-state index contributed by atoms with van der Waals surface area (Å²) in [7, 11) is 1.43. The molecule has 0 bridgehead atoms. The van der Waals surface area contributed by atoms with Crippen molar-refractivity contribution in [1.82, 2.24) is 0 Å². The molecule has 0 amide bonds. The molecule has 3 heteroatoms. The lowest BCUT2D eigenvalue weighted by atomic mass is 10.0. The summed E-state index contributed by atoms with van der Waals surface area (Å²) in [6.07, 6.45) is 19.1. The predicted octanol–water partition coefficient (Wildman–Crippen LogP) is 4.94. The van der Waals surface area contributed by atoms with Gasteiger partial charge in [0.05, 0.1) is 13.2 Å². The SMILES string of the molecule is CCCC=CCC=CCCC(O)CCCCCCC(=O)OC. The van der Waals surface area contributed by atoms with Gasteiger partial charge in [-0.25, -0.2) is 0 Å². The van der Waals surface area contributed by atoms with E-state index < -0.39 is 0 Å². The summed E-state index contributed by atoms with van der Waals surface area (Å²) < 4.78 is 4.60. The summed E-state index contributed by atoms with van der Waals surface area (Å²) in [6.45, 7) is 2.18. The molecule has 3 nitrogen and oxygen atoms in total. The smallest absolute Gasteiger partial charge is 0.305 e. The van der Waals surface area contributed by atoms with E-state index in [4.69, 9.17) is 0 Å². The van der Waals surface area contributed by atoms with Crippen LogP contribution < -0.4 is 0 Å². The topological polar surface area (TPSA) is 46.5 Å². The molecule has 0 fully saturated rings. The largest absolute Gasteiger partial charge is 0.469 e. The van der Waals surface area contributed by atoms with Crippen molar-refractivity contribution < 1.29 is 14.6 Å². The van der Waals surface area contributed by atoms with E-state index in [1.165, 1.54) is 13.5 Å². The molecule has 1 unspecified atom stereocenters. The second-order valence-corrected chi connectivity index (χ2v) is 5.73. The molecule has 0 aromatic rings. The number of allylic oxidation sites excluding steroid dienone is 4. The number of ether oxygens (including phenoxy) is 1. The van der Waals surface area contributed by atoms with Crippen molar-refractivity contribution in [3.05, 3.63) is 24.3 Å². The van der Waals surface area contributed by atoms with Crippen LogP contribution >= 0.6 is 0 Å². The number of hydrogen-bond donors (Lipinski definition) is 1. The highest BCUT2D eigenvalue weighted by molar-refractivity contribution is 5.68. The third-order valence-electron chi connectivity index (χ3n) is 3.62. The number of unbranched alkanes of at least 4 members (excludes halogenated alkanes) is 4. The van der Waals surface area contributed by atoms with E-state index in [9.17, 15) is 9.90 Å². The average Bonchev–Trinajstić information content (AvgIpc) is 2.52. The quantitative estimate of drug-likeness (QED) is 0.281. The van der Waals surface area contributed by atoms with Crippen LogP contribution in [0.1, 0.15) is 77.6 Å². The lowest BCUT2D eigenvalue weighted by Gasteiger charge is -2.08. The predicted molar refractivity (Wildman–Crippen MR) is 92.8 cm³/mol. The number of hydrogen-bond acceptors (Lipinski definition) is 3. The van der Waals surface area contributed by atoms with Gasteiger partial charge in [0.25, 0.3) is 0 Å². The van der Waals surface area contributed by atoms with Gasteiger partial charge < -0.3 is 9.84 Å². The molecule has 0 radical (unpaired) electrons. The first kappa shape index (κ1) is 20.9. The average molecular weight is 310 g/mol. The van der Waals surface area contributed by atoms with Crippen molar-refractivity contribution in [2.45, 2.75) is 83.7 Å². The van der Waals surface area contributed by atoms with Crippen molar-refractivity contribution in [3.8, 4) is 0 Å². The Labute approximate surface area is 136 Å². The van der Waals surface area contributed by atoms with E-state index in [0.717, 1.165) is 57.8 Å². The summed E-state index contributed by atoms with van der Waals surface area (Å²) in [4.78, 5) is 10.9. The number of methoxy groups -OCH3 is 1. The molecule has 0 aromatic heterocycles. The second-order valence-electron chi connectivity index (χ2n) is 5.73. The molecule has 0 aromatic carbocycles. The summed E-state index contributed by atoms with van der Waals surface area (Å²) in [5, 5.41) is 9.88. The number of carbonyl (C=O) groups excluding carboxylic acids is 1. The van der Waals surface area contributed by atoms with Gasteiger partial charge in [-0.3, -0.25) is 4.79 Å². The van der Waals surface area contributed by atoms with Gasteiger partial charge in [-0.15, -0.1) is 0 Å². The molecule has 128 valence electrons. The Balaban J connectivity index is 3.37. The molecule has 0 aliphatic carbocycles. The lowest BCUT2D eigenvalue weighted by molar-refractivity contribution is -0.140. The Hall–Kier alpha value is -1.09. The number of carbonyl (C=O) groups is 1. The number of rotatable bonds is 14. The van der Waals surface area contributed by atoms with E-state index in [2.05, 4.69) is 36.0 Å². The minimum atomic E-state index is -0.194. The molecule has 0 saturated heterocycles. The minimum Gasteiger partial charge on any atom is -0.469 e. The summed E-state index contributed by atoms with van der Waals surface area (Å²) in [5.41, 5.74) is 0. The maximum atomic E-state index is 10.9. The van der Waals surface area contributed by atoms with Crippen LogP contribution in [0.3, 0.4) is 0 Å². The van der Waals surface area contributed by atoms with E-state index in [1.54, 1.807) is 0 Å². The van der Waals surface area contributed by atoms with Crippen molar-refractivity contribution in [1.29, 1.82) is 0 Å². The zero-order valence-corrected chi connectivity index (χ0v) is 14.4. The lowest BCUT2D eigenvalue weighted by Crippen LogP contribution is -2.05. The summed E-state index contributed by atoms with van der Waals surface area (Å²) >= 11 is 0. The minimum absolute atomic E-state index is 0.128. The van der Waals surface area contributed by atoms with E-state index in [1.807, 2.05) is 0 Å². The number of aliphatic hydroxyl groups excluding tert-OH is 1. The van der Waals surface area contributed by atoms with Gasteiger partial charge in [-0.05, 0) is 38.5 Å². The fourth-order valence-electron chi connectivity index (χ4n) is 2.21. The Morgan fingerprint density at radius 1 is 1.00 bits per heavy atom. The van der Waals surface area contributed by atoms with Crippen molar-refractivity contribution >= 4 is 5.97 Å². The molecule has 0 saturated carbocycles. The zero-order chi connectivity index (χ0) is 16.5.